The molecule has 0 aliphatic carbocycles. The minimum Gasteiger partial charge on any atom is -0.421 e. The predicted molar refractivity (Wildman–Crippen MR) is 46.7 cm³/mol. The first-order valence-corrected chi connectivity index (χ1v) is 3.78. The van der Waals surface area contributed by atoms with E-state index in [4.69, 9.17) is 10.2 Å². The van der Waals surface area contributed by atoms with Gasteiger partial charge in [-0.05, 0) is 12.1 Å². The van der Waals surface area contributed by atoms with Crippen molar-refractivity contribution in [2.75, 3.05) is 5.73 Å². The normalized spacial score (nSPS) is 10.2. The molecule has 5 nitrogen and oxygen atoms in total. The van der Waals surface area contributed by atoms with Gasteiger partial charge in [-0.3, -0.25) is 0 Å². The maximum absolute atomic E-state index is 5.43. The van der Waals surface area contributed by atoms with Gasteiger partial charge < -0.3 is 10.2 Å². The van der Waals surface area contributed by atoms with Crippen LogP contribution in [-0.2, 0) is 0 Å². The lowest BCUT2D eigenvalue weighted by molar-refractivity contribution is 0.532. The molecule has 2 aromatic rings. The summed E-state index contributed by atoms with van der Waals surface area (Å²) >= 11 is 0. The maximum Gasteiger partial charge on any atom is 0.249 e. The zero-order valence-corrected chi connectivity index (χ0v) is 7.06. The summed E-state index contributed by atoms with van der Waals surface area (Å²) in [5.41, 5.74) is 6.21. The molecule has 0 radical (unpaired) electrons. The molecule has 66 valence electrons. The quantitative estimate of drug-likeness (QED) is 0.701. The number of nitrogens with zero attached hydrogens (tertiary/aromatic N) is 3. The van der Waals surface area contributed by atoms with Gasteiger partial charge in [0, 0.05) is 13.1 Å². The number of anilines is 1. The summed E-state index contributed by atoms with van der Waals surface area (Å²) in [6.45, 7) is 1.74. The largest absolute Gasteiger partial charge is 0.421 e. The molecule has 0 amide bonds. The molecule has 0 saturated heterocycles. The topological polar surface area (TPSA) is 77.8 Å². The van der Waals surface area contributed by atoms with Gasteiger partial charge in [-0.1, -0.05) is 0 Å². The Morgan fingerprint density at radius 1 is 1.31 bits per heavy atom. The highest BCUT2D eigenvalue weighted by Crippen LogP contribution is 2.16. The first kappa shape index (κ1) is 7.72. The Morgan fingerprint density at radius 3 is 2.69 bits per heavy atom. The van der Waals surface area contributed by atoms with Crippen LogP contribution in [0, 0.1) is 6.92 Å². The number of aromatic nitrogens is 3. The van der Waals surface area contributed by atoms with Gasteiger partial charge >= 0.3 is 0 Å². The van der Waals surface area contributed by atoms with E-state index in [1.165, 1.54) is 0 Å². The summed E-state index contributed by atoms with van der Waals surface area (Å²) in [4.78, 5) is 3.91. The number of aryl methyl sites for hydroxylation is 1. The van der Waals surface area contributed by atoms with E-state index in [0.29, 0.717) is 17.6 Å². The highest BCUT2D eigenvalue weighted by atomic mass is 16.4. The van der Waals surface area contributed by atoms with E-state index in [9.17, 15) is 0 Å². The van der Waals surface area contributed by atoms with Crippen molar-refractivity contribution in [3.8, 4) is 11.5 Å². The van der Waals surface area contributed by atoms with Gasteiger partial charge in [0.1, 0.15) is 5.82 Å². The molecule has 2 rings (SSSR count). The molecule has 5 heteroatoms. The van der Waals surface area contributed by atoms with Crippen molar-refractivity contribution in [3.05, 3.63) is 24.2 Å². The molecule has 2 N–H and O–H groups in total. The monoisotopic (exact) mass is 176 g/mol. The van der Waals surface area contributed by atoms with Crippen molar-refractivity contribution < 1.29 is 4.42 Å². The van der Waals surface area contributed by atoms with Gasteiger partial charge in [-0.25, -0.2) is 4.98 Å². The lowest BCUT2D eigenvalue weighted by Gasteiger charge is -1.93. The number of hydrogen-bond acceptors (Lipinski definition) is 5. The zero-order valence-electron chi connectivity index (χ0n) is 7.06. The second-order valence-corrected chi connectivity index (χ2v) is 2.60. The van der Waals surface area contributed by atoms with Crippen LogP contribution >= 0.6 is 0 Å². The third-order valence-corrected chi connectivity index (χ3v) is 1.56. The molecular formula is C8H8N4O. The zero-order chi connectivity index (χ0) is 9.26. The van der Waals surface area contributed by atoms with E-state index in [2.05, 4.69) is 15.2 Å². The average Bonchev–Trinajstić information content (AvgIpc) is 2.53. The molecule has 13 heavy (non-hydrogen) atoms. The first-order valence-electron chi connectivity index (χ1n) is 3.78. The molecule has 2 heterocycles. The summed E-state index contributed by atoms with van der Waals surface area (Å²) < 4.78 is 5.21. The molecule has 0 bridgehead atoms. The van der Waals surface area contributed by atoms with Gasteiger partial charge in [-0.2, -0.15) is 0 Å². The fraction of sp³-hybridized carbons (Fsp3) is 0.125. The average molecular weight is 176 g/mol. The van der Waals surface area contributed by atoms with Crippen molar-refractivity contribution in [2.24, 2.45) is 0 Å². The van der Waals surface area contributed by atoms with Crippen LogP contribution in [0.4, 0.5) is 5.82 Å². The molecule has 0 atom stereocenters. The van der Waals surface area contributed by atoms with Crippen molar-refractivity contribution in [2.45, 2.75) is 6.92 Å². The lowest BCUT2D eigenvalue weighted by atomic mass is 10.3. The highest BCUT2D eigenvalue weighted by Gasteiger charge is 2.04. The summed E-state index contributed by atoms with van der Waals surface area (Å²) in [6.07, 6.45) is 1.60. The van der Waals surface area contributed by atoms with Crippen molar-refractivity contribution in [1.29, 1.82) is 0 Å². The minimum atomic E-state index is 0.463. The highest BCUT2D eigenvalue weighted by molar-refractivity contribution is 5.52. The van der Waals surface area contributed by atoms with Crippen LogP contribution in [0.5, 0.6) is 0 Å². The number of nitrogens with two attached hydrogens (primary N) is 1. The fourth-order valence-corrected chi connectivity index (χ4v) is 0.945. The number of hydrogen-bond donors (Lipinski definition) is 1. The van der Waals surface area contributed by atoms with E-state index in [1.807, 2.05) is 0 Å². The van der Waals surface area contributed by atoms with Gasteiger partial charge in [0.25, 0.3) is 0 Å². The summed E-state index contributed by atoms with van der Waals surface area (Å²) in [7, 11) is 0. The fourth-order valence-electron chi connectivity index (χ4n) is 0.945. The second-order valence-electron chi connectivity index (χ2n) is 2.60. The molecular weight excluding hydrogens is 168 g/mol. The smallest absolute Gasteiger partial charge is 0.249 e. The Bertz CT molecular complexity index is 406. The lowest BCUT2D eigenvalue weighted by Crippen LogP contribution is -1.88. The van der Waals surface area contributed by atoms with Crippen molar-refractivity contribution in [1.82, 2.24) is 15.2 Å². The van der Waals surface area contributed by atoms with Crippen LogP contribution in [-0.4, -0.2) is 15.2 Å². The standard InChI is InChI=1S/C8H8N4O/c1-5-11-12-8(13-5)6-2-3-7(9)10-4-6/h2-4H,1H3,(H2,9,10). The number of pyridine rings is 1. The van der Waals surface area contributed by atoms with Crippen LogP contribution in [0.2, 0.25) is 0 Å². The molecule has 0 aromatic carbocycles. The molecule has 0 saturated carbocycles. The van der Waals surface area contributed by atoms with Crippen LogP contribution < -0.4 is 5.73 Å². The van der Waals surface area contributed by atoms with E-state index in [0.717, 1.165) is 5.56 Å². The first-order chi connectivity index (χ1) is 6.25. The molecule has 2 aromatic heterocycles. The van der Waals surface area contributed by atoms with Gasteiger partial charge in [0.15, 0.2) is 0 Å². The van der Waals surface area contributed by atoms with Crippen LogP contribution in [0.3, 0.4) is 0 Å². The van der Waals surface area contributed by atoms with Gasteiger partial charge in [0.05, 0.1) is 5.56 Å². The van der Waals surface area contributed by atoms with Crippen LogP contribution in [0.15, 0.2) is 22.7 Å². The molecule has 0 spiro atoms. The maximum atomic E-state index is 5.43. The molecule has 0 aliphatic rings. The summed E-state index contributed by atoms with van der Waals surface area (Å²) in [5.74, 6) is 1.47. The minimum absolute atomic E-state index is 0.463. The van der Waals surface area contributed by atoms with E-state index >= 15 is 0 Å². The Labute approximate surface area is 74.6 Å². The van der Waals surface area contributed by atoms with E-state index in [1.54, 1.807) is 25.3 Å². The summed E-state index contributed by atoms with van der Waals surface area (Å²) in [5, 5.41) is 7.56. The molecule has 0 aliphatic heterocycles. The Balaban J connectivity index is 2.41. The Morgan fingerprint density at radius 2 is 2.15 bits per heavy atom. The van der Waals surface area contributed by atoms with Gasteiger partial charge in [0.2, 0.25) is 11.8 Å². The Hall–Kier alpha value is -1.91. The third-order valence-electron chi connectivity index (χ3n) is 1.56. The van der Waals surface area contributed by atoms with Crippen molar-refractivity contribution in [3.63, 3.8) is 0 Å². The number of nitrogen functional groups attached to an aromatic ring is 1. The van der Waals surface area contributed by atoms with E-state index in [-0.39, 0.29) is 0 Å². The number of rotatable bonds is 1. The Kier molecular flexibility index (Phi) is 1.70. The SMILES string of the molecule is Cc1nnc(-c2ccc(N)nc2)o1. The third kappa shape index (κ3) is 1.48. The second kappa shape index (κ2) is 2.85. The molecule has 0 fully saturated rings. The van der Waals surface area contributed by atoms with Crippen molar-refractivity contribution >= 4 is 5.82 Å². The summed E-state index contributed by atoms with van der Waals surface area (Å²) in [6, 6.07) is 3.48. The van der Waals surface area contributed by atoms with E-state index < -0.39 is 0 Å². The molecule has 0 unspecified atom stereocenters. The van der Waals surface area contributed by atoms with Crippen LogP contribution in [0.25, 0.3) is 11.5 Å². The predicted octanol–water partition coefficient (Wildman–Crippen LogP) is 1.02. The van der Waals surface area contributed by atoms with Crippen LogP contribution in [0.1, 0.15) is 5.89 Å². The van der Waals surface area contributed by atoms with Gasteiger partial charge in [-0.15, -0.1) is 10.2 Å².